The predicted molar refractivity (Wildman–Crippen MR) is 130 cm³/mol. The average molecular weight is 524 g/mol. The largest absolute Gasteiger partial charge is 0.374 e. The van der Waals surface area contributed by atoms with Crippen LogP contribution in [0.25, 0.3) is 0 Å². The first-order valence-corrected chi connectivity index (χ1v) is 10.9. The summed E-state index contributed by atoms with van der Waals surface area (Å²) in [5, 5.41) is 10.1. The van der Waals surface area contributed by atoms with E-state index in [2.05, 4.69) is 60.5 Å². The number of aromatic nitrogens is 1. The van der Waals surface area contributed by atoms with Crippen LogP contribution >= 0.6 is 35.3 Å². The third-order valence-corrected chi connectivity index (χ3v) is 5.43. The Kier molecular flexibility index (Phi) is 11.2. The van der Waals surface area contributed by atoms with Gasteiger partial charge in [0.25, 0.3) is 0 Å². The minimum Gasteiger partial charge on any atom is -0.374 e. The molecule has 2 N–H and O–H groups in total. The highest BCUT2D eigenvalue weighted by atomic mass is 127. The van der Waals surface area contributed by atoms with Crippen molar-refractivity contribution in [1.82, 2.24) is 20.5 Å². The van der Waals surface area contributed by atoms with Crippen LogP contribution in [0.4, 0.5) is 0 Å². The summed E-state index contributed by atoms with van der Waals surface area (Å²) < 4.78 is 5.90. The summed E-state index contributed by atoms with van der Waals surface area (Å²) >= 11 is 1.74. The highest BCUT2D eigenvalue weighted by Crippen LogP contribution is 2.23. The Labute approximate surface area is 192 Å². The molecule has 6 nitrogen and oxygen atoms in total. The number of nitrogens with one attached hydrogen (secondary N) is 2. The van der Waals surface area contributed by atoms with Gasteiger partial charge in [-0.15, -0.1) is 35.3 Å². The van der Waals surface area contributed by atoms with Crippen LogP contribution in [-0.2, 0) is 16.6 Å². The van der Waals surface area contributed by atoms with Crippen molar-refractivity contribution in [3.8, 4) is 0 Å². The number of morpholine rings is 1. The zero-order valence-corrected chi connectivity index (χ0v) is 21.4. The van der Waals surface area contributed by atoms with Gasteiger partial charge in [-0.3, -0.25) is 9.89 Å². The maximum atomic E-state index is 5.90. The van der Waals surface area contributed by atoms with Gasteiger partial charge in [0.15, 0.2) is 5.96 Å². The lowest BCUT2D eigenvalue weighted by Gasteiger charge is -2.34. The molecule has 2 rings (SSSR count). The molecule has 2 heterocycles. The van der Waals surface area contributed by atoms with Gasteiger partial charge >= 0.3 is 0 Å². The lowest BCUT2D eigenvalue weighted by Crippen LogP contribution is -2.50. The number of hydrogen-bond donors (Lipinski definition) is 2. The van der Waals surface area contributed by atoms with Crippen molar-refractivity contribution in [2.45, 2.75) is 52.6 Å². The third-order valence-electron chi connectivity index (χ3n) is 4.52. The summed E-state index contributed by atoms with van der Waals surface area (Å²) in [7, 11) is 1.81. The second-order valence-electron chi connectivity index (χ2n) is 8.65. The van der Waals surface area contributed by atoms with Crippen LogP contribution in [0.15, 0.2) is 10.4 Å². The van der Waals surface area contributed by atoms with Crippen molar-refractivity contribution in [3.05, 3.63) is 16.1 Å². The number of halogens is 1. The molecule has 1 aliphatic heterocycles. The number of nitrogens with zero attached hydrogens (tertiary/aromatic N) is 3. The Balaban J connectivity index is 0.00000392. The summed E-state index contributed by atoms with van der Waals surface area (Å²) in [5.41, 5.74) is 1.29. The van der Waals surface area contributed by atoms with Crippen LogP contribution in [0.1, 0.15) is 45.3 Å². The van der Waals surface area contributed by atoms with Gasteiger partial charge in [-0.05, 0) is 5.92 Å². The summed E-state index contributed by atoms with van der Waals surface area (Å²) in [6.07, 6.45) is 1.12. The molecule has 0 spiro atoms. The first-order valence-electron chi connectivity index (χ1n) is 10.0. The molecule has 1 fully saturated rings. The van der Waals surface area contributed by atoms with Crippen LogP contribution < -0.4 is 10.6 Å². The van der Waals surface area contributed by atoms with E-state index >= 15 is 0 Å². The zero-order valence-electron chi connectivity index (χ0n) is 18.2. The molecule has 1 aromatic rings. The van der Waals surface area contributed by atoms with Crippen molar-refractivity contribution in [1.29, 1.82) is 0 Å². The molecule has 0 radical (unpaired) electrons. The highest BCUT2D eigenvalue weighted by molar-refractivity contribution is 14.0. The third kappa shape index (κ3) is 8.92. The minimum absolute atomic E-state index is 0. The lowest BCUT2D eigenvalue weighted by molar-refractivity contribution is -0.0284. The van der Waals surface area contributed by atoms with Gasteiger partial charge in [-0.25, -0.2) is 4.98 Å². The van der Waals surface area contributed by atoms with Crippen molar-refractivity contribution in [2.24, 2.45) is 10.9 Å². The Bertz CT molecular complexity index is 600. The monoisotopic (exact) mass is 523 g/mol. The fourth-order valence-electron chi connectivity index (χ4n) is 3.08. The van der Waals surface area contributed by atoms with E-state index in [1.807, 2.05) is 7.05 Å². The molecule has 1 unspecified atom stereocenters. The second kappa shape index (κ2) is 12.3. The summed E-state index contributed by atoms with van der Waals surface area (Å²) in [6, 6.07) is 0. The Morgan fingerprint density at radius 2 is 2.14 bits per heavy atom. The standard InChI is InChI=1S/C20H37N5OS.HI/c1-15(2)12-25-9-10-26-16(13-25)11-23-19(21-6)22-8-7-18-24-17(14-27-18)20(3,4)5;/h14-16H,7-13H2,1-6H3,(H2,21,22,23);1H. The van der Waals surface area contributed by atoms with E-state index in [9.17, 15) is 0 Å². The van der Waals surface area contributed by atoms with Crippen molar-refractivity contribution >= 4 is 41.3 Å². The van der Waals surface area contributed by atoms with E-state index in [-0.39, 0.29) is 35.5 Å². The molecule has 1 aliphatic rings. The predicted octanol–water partition coefficient (Wildman–Crippen LogP) is 3.12. The van der Waals surface area contributed by atoms with Gasteiger partial charge in [0.2, 0.25) is 0 Å². The van der Waals surface area contributed by atoms with Gasteiger partial charge in [-0.2, -0.15) is 0 Å². The molecule has 0 aromatic carbocycles. The molecule has 28 heavy (non-hydrogen) atoms. The summed E-state index contributed by atoms with van der Waals surface area (Å²) in [6.45, 7) is 16.7. The van der Waals surface area contributed by atoms with E-state index < -0.39 is 0 Å². The Morgan fingerprint density at radius 1 is 1.39 bits per heavy atom. The first-order chi connectivity index (χ1) is 12.8. The topological polar surface area (TPSA) is 61.8 Å². The van der Waals surface area contributed by atoms with Crippen LogP contribution in [0, 0.1) is 5.92 Å². The maximum absolute atomic E-state index is 5.90. The lowest BCUT2D eigenvalue weighted by atomic mass is 9.93. The fraction of sp³-hybridized carbons (Fsp3) is 0.800. The number of aliphatic imine (C=N–C) groups is 1. The van der Waals surface area contributed by atoms with E-state index in [1.165, 1.54) is 10.7 Å². The van der Waals surface area contributed by atoms with E-state index in [4.69, 9.17) is 9.72 Å². The van der Waals surface area contributed by atoms with Gasteiger partial charge in [-0.1, -0.05) is 34.6 Å². The molecule has 162 valence electrons. The molecular weight excluding hydrogens is 485 g/mol. The van der Waals surface area contributed by atoms with E-state index in [1.54, 1.807) is 11.3 Å². The van der Waals surface area contributed by atoms with Gasteiger partial charge in [0.1, 0.15) is 0 Å². The Morgan fingerprint density at radius 3 is 2.75 bits per heavy atom. The van der Waals surface area contributed by atoms with Crippen LogP contribution in [0.2, 0.25) is 0 Å². The van der Waals surface area contributed by atoms with Gasteiger partial charge in [0.05, 0.1) is 23.4 Å². The summed E-state index contributed by atoms with van der Waals surface area (Å²) in [4.78, 5) is 11.6. The molecule has 0 saturated carbocycles. The number of guanidine groups is 1. The molecule has 1 aromatic heterocycles. The normalized spacial score (nSPS) is 18.8. The van der Waals surface area contributed by atoms with Crippen molar-refractivity contribution < 1.29 is 4.74 Å². The first kappa shape index (κ1) is 25.6. The number of ether oxygens (including phenoxy) is 1. The molecule has 0 aliphatic carbocycles. The maximum Gasteiger partial charge on any atom is 0.191 e. The van der Waals surface area contributed by atoms with Crippen LogP contribution in [0.5, 0.6) is 0 Å². The van der Waals surface area contributed by atoms with Crippen LogP contribution in [0.3, 0.4) is 0 Å². The average Bonchev–Trinajstić information content (AvgIpc) is 3.07. The quantitative estimate of drug-likeness (QED) is 0.327. The number of thiazole rings is 1. The molecule has 1 saturated heterocycles. The molecular formula is C20H38IN5OS. The molecule has 0 bridgehead atoms. The molecule has 0 amide bonds. The van der Waals surface area contributed by atoms with Gasteiger partial charge in [0, 0.05) is 57.0 Å². The van der Waals surface area contributed by atoms with E-state index in [0.717, 1.165) is 51.7 Å². The highest BCUT2D eigenvalue weighted by Gasteiger charge is 2.21. The number of rotatable bonds is 7. The fourth-order valence-corrected chi connectivity index (χ4v) is 4.10. The van der Waals surface area contributed by atoms with E-state index in [0.29, 0.717) is 5.92 Å². The molecule has 1 atom stereocenters. The molecule has 8 heteroatoms. The summed E-state index contributed by atoms with van der Waals surface area (Å²) in [5.74, 6) is 1.52. The smallest absolute Gasteiger partial charge is 0.191 e. The van der Waals surface area contributed by atoms with Crippen molar-refractivity contribution in [3.63, 3.8) is 0 Å². The SMILES string of the molecule is CN=C(NCCc1nc(C(C)(C)C)cs1)NCC1CN(CC(C)C)CCO1.I. The van der Waals surface area contributed by atoms with Crippen molar-refractivity contribution in [2.75, 3.05) is 46.4 Å². The van der Waals surface area contributed by atoms with Gasteiger partial charge < -0.3 is 15.4 Å². The minimum atomic E-state index is 0. The zero-order chi connectivity index (χ0) is 19.9. The Hall–Kier alpha value is -0.450. The second-order valence-corrected chi connectivity index (χ2v) is 9.60. The van der Waals surface area contributed by atoms with Crippen LogP contribution in [-0.4, -0.2) is 68.3 Å². The number of hydrogen-bond acceptors (Lipinski definition) is 5.